The maximum atomic E-state index is 12.5. The number of aromatic nitrogens is 2. The number of aliphatic hydroxyl groups excluding tert-OH is 2. The van der Waals surface area contributed by atoms with Crippen LogP contribution in [0.15, 0.2) is 23.6 Å². The summed E-state index contributed by atoms with van der Waals surface area (Å²) in [5.74, 6) is 0.151. The molecule has 0 spiro atoms. The molecule has 0 radical (unpaired) electrons. The molecule has 140 valence electrons. The van der Waals surface area contributed by atoms with Gasteiger partial charge in [0.05, 0.1) is 29.4 Å². The van der Waals surface area contributed by atoms with E-state index < -0.39 is 6.10 Å². The van der Waals surface area contributed by atoms with Crippen LogP contribution in [0.5, 0.6) is 0 Å². The molecule has 0 saturated carbocycles. The van der Waals surface area contributed by atoms with E-state index in [-0.39, 0.29) is 12.5 Å². The quantitative estimate of drug-likeness (QED) is 0.835. The molecule has 0 aliphatic carbocycles. The highest BCUT2D eigenvalue weighted by Gasteiger charge is 2.30. The molecule has 1 saturated heterocycles. The van der Waals surface area contributed by atoms with Crippen LogP contribution in [-0.2, 0) is 13.1 Å². The molecule has 8 heteroatoms. The largest absolute Gasteiger partial charge is 0.393 e. The maximum absolute atomic E-state index is 12.5. The molecule has 4 heterocycles. The first-order valence-corrected chi connectivity index (χ1v) is 9.96. The van der Waals surface area contributed by atoms with Crippen molar-refractivity contribution in [3.05, 3.63) is 39.8 Å². The lowest BCUT2D eigenvalue weighted by atomic mass is 10.0. The second-order valence-corrected chi connectivity index (χ2v) is 7.90. The summed E-state index contributed by atoms with van der Waals surface area (Å²) in [6.07, 6.45) is 1.06. The molecule has 2 aliphatic heterocycles. The highest BCUT2D eigenvalue weighted by molar-refractivity contribution is 7.12. The molecule has 7 nitrogen and oxygen atoms in total. The molecule has 0 bridgehead atoms. The lowest BCUT2D eigenvalue weighted by Gasteiger charge is -2.40. The van der Waals surface area contributed by atoms with E-state index in [0.717, 1.165) is 56.1 Å². The zero-order valence-corrected chi connectivity index (χ0v) is 15.4. The van der Waals surface area contributed by atoms with Crippen molar-refractivity contribution in [3.8, 4) is 0 Å². The van der Waals surface area contributed by atoms with Gasteiger partial charge in [0.25, 0.3) is 5.91 Å². The SMILES string of the molecule is O=C(c1cccs1)N1CCC(N2CCn3nc([C@H](O)CO)cc3C2)CC1. The number of amides is 1. The van der Waals surface area contributed by atoms with Gasteiger partial charge in [-0.1, -0.05) is 6.07 Å². The van der Waals surface area contributed by atoms with E-state index in [2.05, 4.69) is 10.00 Å². The van der Waals surface area contributed by atoms with E-state index in [1.54, 1.807) is 0 Å². The van der Waals surface area contributed by atoms with Crippen LogP contribution in [0.2, 0.25) is 0 Å². The molecular formula is C18H24N4O3S. The highest BCUT2D eigenvalue weighted by Crippen LogP contribution is 2.25. The van der Waals surface area contributed by atoms with Gasteiger partial charge in [0.2, 0.25) is 0 Å². The fourth-order valence-corrected chi connectivity index (χ4v) is 4.56. The molecule has 2 N–H and O–H groups in total. The van der Waals surface area contributed by atoms with Crippen molar-refractivity contribution in [2.45, 2.75) is 38.1 Å². The Balaban J connectivity index is 1.35. The summed E-state index contributed by atoms with van der Waals surface area (Å²) >= 11 is 1.50. The van der Waals surface area contributed by atoms with E-state index in [4.69, 9.17) is 5.11 Å². The lowest BCUT2D eigenvalue weighted by Crippen LogP contribution is -2.48. The number of piperidine rings is 1. The maximum Gasteiger partial charge on any atom is 0.263 e. The Labute approximate surface area is 156 Å². The number of thiophene rings is 1. The number of hydrogen-bond acceptors (Lipinski definition) is 6. The Morgan fingerprint density at radius 2 is 2.12 bits per heavy atom. The van der Waals surface area contributed by atoms with Crippen LogP contribution < -0.4 is 0 Å². The van der Waals surface area contributed by atoms with E-state index in [9.17, 15) is 9.90 Å². The molecule has 2 aromatic heterocycles. The third kappa shape index (κ3) is 3.42. The molecule has 26 heavy (non-hydrogen) atoms. The Hall–Kier alpha value is -1.74. The minimum atomic E-state index is -0.909. The standard InChI is InChI=1S/C18H24N4O3S/c23-12-16(24)15-10-14-11-21(7-8-22(14)19-15)13-3-5-20(6-4-13)18(25)17-2-1-9-26-17/h1-2,9-10,13,16,23-24H,3-8,11-12H2/t16-/m1/s1. The molecule has 2 aromatic rings. The van der Waals surface area contributed by atoms with Gasteiger partial charge < -0.3 is 15.1 Å². The molecule has 2 aliphatic rings. The molecule has 0 unspecified atom stereocenters. The molecular weight excluding hydrogens is 352 g/mol. The van der Waals surface area contributed by atoms with E-state index >= 15 is 0 Å². The van der Waals surface area contributed by atoms with E-state index in [1.165, 1.54) is 11.3 Å². The average molecular weight is 376 g/mol. The van der Waals surface area contributed by atoms with Crippen LogP contribution >= 0.6 is 11.3 Å². The number of carbonyl (C=O) groups excluding carboxylic acids is 1. The number of carbonyl (C=O) groups is 1. The Morgan fingerprint density at radius 3 is 2.81 bits per heavy atom. The summed E-state index contributed by atoms with van der Waals surface area (Å²) in [6, 6.07) is 6.17. The minimum Gasteiger partial charge on any atom is -0.393 e. The first-order chi connectivity index (χ1) is 12.7. The third-order valence-electron chi connectivity index (χ3n) is 5.36. The van der Waals surface area contributed by atoms with Gasteiger partial charge in [-0.3, -0.25) is 14.4 Å². The molecule has 1 fully saturated rings. The predicted octanol–water partition coefficient (Wildman–Crippen LogP) is 1.09. The lowest BCUT2D eigenvalue weighted by molar-refractivity contribution is 0.0572. The monoisotopic (exact) mass is 376 g/mol. The second kappa shape index (κ2) is 7.48. The van der Waals surface area contributed by atoms with Crippen LogP contribution in [0.3, 0.4) is 0 Å². The third-order valence-corrected chi connectivity index (χ3v) is 6.22. The second-order valence-electron chi connectivity index (χ2n) is 6.95. The van der Waals surface area contributed by atoms with Gasteiger partial charge in [-0.05, 0) is 30.4 Å². The van der Waals surface area contributed by atoms with Crippen LogP contribution in [0.1, 0.15) is 40.0 Å². The van der Waals surface area contributed by atoms with E-state index in [0.29, 0.717) is 11.7 Å². The Morgan fingerprint density at radius 1 is 1.31 bits per heavy atom. The zero-order chi connectivity index (χ0) is 18.1. The minimum absolute atomic E-state index is 0.151. The summed E-state index contributed by atoms with van der Waals surface area (Å²) in [5.41, 5.74) is 1.62. The summed E-state index contributed by atoms with van der Waals surface area (Å²) < 4.78 is 1.93. The number of hydrogen-bond donors (Lipinski definition) is 2. The van der Waals surface area contributed by atoms with Gasteiger partial charge in [0.1, 0.15) is 6.10 Å². The fourth-order valence-electron chi connectivity index (χ4n) is 3.87. The van der Waals surface area contributed by atoms with Gasteiger partial charge in [-0.25, -0.2) is 0 Å². The first kappa shape index (κ1) is 17.7. The number of rotatable bonds is 4. The first-order valence-electron chi connectivity index (χ1n) is 9.08. The van der Waals surface area contributed by atoms with Gasteiger partial charge in [-0.15, -0.1) is 11.3 Å². The van der Waals surface area contributed by atoms with Crippen molar-refractivity contribution in [2.75, 3.05) is 26.2 Å². The normalized spacial score (nSPS) is 20.2. The molecule has 4 rings (SSSR count). The number of likely N-dealkylation sites (tertiary alicyclic amines) is 1. The van der Waals surface area contributed by atoms with Crippen LogP contribution in [0.25, 0.3) is 0 Å². The van der Waals surface area contributed by atoms with Crippen molar-refractivity contribution in [2.24, 2.45) is 0 Å². The van der Waals surface area contributed by atoms with Crippen LogP contribution in [0.4, 0.5) is 0 Å². The summed E-state index contributed by atoms with van der Waals surface area (Å²) in [7, 11) is 0. The van der Waals surface area contributed by atoms with Crippen LogP contribution in [0, 0.1) is 0 Å². The zero-order valence-electron chi connectivity index (χ0n) is 14.6. The van der Waals surface area contributed by atoms with Gasteiger partial charge in [0, 0.05) is 32.2 Å². The summed E-state index contributed by atoms with van der Waals surface area (Å²) in [5, 5.41) is 25.2. The van der Waals surface area contributed by atoms with E-state index in [1.807, 2.05) is 33.2 Å². The smallest absolute Gasteiger partial charge is 0.263 e. The van der Waals surface area contributed by atoms with Crippen molar-refractivity contribution < 1.29 is 15.0 Å². The Kier molecular flexibility index (Phi) is 5.08. The van der Waals surface area contributed by atoms with Gasteiger partial charge in [-0.2, -0.15) is 5.10 Å². The molecule has 1 amide bonds. The van der Waals surface area contributed by atoms with Crippen molar-refractivity contribution in [3.63, 3.8) is 0 Å². The van der Waals surface area contributed by atoms with Crippen molar-refractivity contribution in [1.82, 2.24) is 19.6 Å². The number of aliphatic hydroxyl groups is 2. The van der Waals surface area contributed by atoms with Gasteiger partial charge >= 0.3 is 0 Å². The average Bonchev–Trinajstić information content (AvgIpc) is 3.36. The van der Waals surface area contributed by atoms with Gasteiger partial charge in [0.15, 0.2) is 0 Å². The summed E-state index contributed by atoms with van der Waals surface area (Å²) in [6.45, 7) is 3.80. The highest BCUT2D eigenvalue weighted by atomic mass is 32.1. The van der Waals surface area contributed by atoms with Crippen LogP contribution in [-0.4, -0.2) is 68.0 Å². The topological polar surface area (TPSA) is 81.8 Å². The fraction of sp³-hybridized carbons (Fsp3) is 0.556. The Bertz CT molecular complexity index is 753. The van der Waals surface area contributed by atoms with Crippen molar-refractivity contribution in [1.29, 1.82) is 0 Å². The summed E-state index contributed by atoms with van der Waals surface area (Å²) in [4.78, 5) is 17.7. The predicted molar refractivity (Wildman–Crippen MR) is 97.9 cm³/mol. The molecule has 1 atom stereocenters. The molecule has 0 aromatic carbocycles. The van der Waals surface area contributed by atoms with Crippen molar-refractivity contribution >= 4 is 17.2 Å². The number of fused-ring (bicyclic) bond motifs is 1. The number of nitrogens with zero attached hydrogens (tertiary/aromatic N) is 4.